The second kappa shape index (κ2) is 7.37. The van der Waals surface area contributed by atoms with Gasteiger partial charge in [0.05, 0.1) is 11.8 Å². The van der Waals surface area contributed by atoms with E-state index in [1.807, 2.05) is 47.0 Å². The van der Waals surface area contributed by atoms with E-state index in [9.17, 15) is 9.90 Å². The summed E-state index contributed by atoms with van der Waals surface area (Å²) in [6, 6.07) is 15.5. The Balaban J connectivity index is 1.68. The number of rotatable bonds is 4. The van der Waals surface area contributed by atoms with Gasteiger partial charge in [0.2, 0.25) is 5.91 Å². The van der Waals surface area contributed by atoms with Crippen molar-refractivity contribution in [2.24, 2.45) is 5.73 Å². The lowest BCUT2D eigenvalue weighted by Gasteiger charge is -2.42. The Morgan fingerprint density at radius 3 is 2.46 bits per heavy atom. The largest absolute Gasteiger partial charge is 0.391 e. The molecule has 0 aliphatic carbocycles. The number of amides is 1. The molecule has 1 amide bonds. The van der Waals surface area contributed by atoms with Crippen molar-refractivity contribution < 1.29 is 9.90 Å². The first-order valence-electron chi connectivity index (χ1n) is 9.73. The number of aromatic nitrogens is 2. The minimum absolute atomic E-state index is 0.188. The van der Waals surface area contributed by atoms with Crippen LogP contribution in [0.5, 0.6) is 0 Å². The van der Waals surface area contributed by atoms with Gasteiger partial charge in [-0.2, -0.15) is 0 Å². The number of carbonyl (C=O) groups excluding carboxylic acids is 1. The van der Waals surface area contributed by atoms with Crippen LogP contribution in [0.4, 0.5) is 0 Å². The highest BCUT2D eigenvalue weighted by Gasteiger charge is 2.41. The highest BCUT2D eigenvalue weighted by molar-refractivity contribution is 5.82. The molecule has 0 unspecified atom stereocenters. The Morgan fingerprint density at radius 2 is 1.82 bits per heavy atom. The van der Waals surface area contributed by atoms with Crippen LogP contribution in [0.15, 0.2) is 60.9 Å². The van der Waals surface area contributed by atoms with Gasteiger partial charge in [0.1, 0.15) is 11.7 Å². The van der Waals surface area contributed by atoms with Gasteiger partial charge in [0, 0.05) is 30.9 Å². The van der Waals surface area contributed by atoms with Crippen LogP contribution in [0.2, 0.25) is 0 Å². The number of hydrogen-bond donors (Lipinski definition) is 2. The molecule has 1 aliphatic heterocycles. The van der Waals surface area contributed by atoms with Crippen molar-refractivity contribution in [2.75, 3.05) is 13.1 Å². The van der Waals surface area contributed by atoms with Crippen LogP contribution in [0.1, 0.15) is 31.0 Å². The molecule has 4 rings (SSSR count). The number of piperidine rings is 1. The van der Waals surface area contributed by atoms with E-state index in [1.165, 1.54) is 5.56 Å². The highest BCUT2D eigenvalue weighted by atomic mass is 16.3. The van der Waals surface area contributed by atoms with Gasteiger partial charge in [-0.15, -0.1) is 0 Å². The van der Waals surface area contributed by atoms with Gasteiger partial charge >= 0.3 is 0 Å². The highest BCUT2D eigenvalue weighted by Crippen LogP contribution is 2.41. The molecule has 1 saturated heterocycles. The maximum Gasteiger partial charge on any atom is 0.242 e. The fourth-order valence-corrected chi connectivity index (χ4v) is 4.14. The zero-order valence-electron chi connectivity index (χ0n) is 16.0. The molecule has 3 N–H and O–H groups in total. The summed E-state index contributed by atoms with van der Waals surface area (Å²) in [5.41, 5.74) is 8.78. The smallest absolute Gasteiger partial charge is 0.242 e. The second-order valence-corrected chi connectivity index (χ2v) is 7.63. The summed E-state index contributed by atoms with van der Waals surface area (Å²) in [5.74, 6) is -0.188. The van der Waals surface area contributed by atoms with Crippen molar-refractivity contribution in [2.45, 2.75) is 37.3 Å². The summed E-state index contributed by atoms with van der Waals surface area (Å²) in [6.45, 7) is 2.72. The molecular weight excluding hydrogens is 352 g/mol. The van der Waals surface area contributed by atoms with Gasteiger partial charge in [-0.05, 0) is 37.5 Å². The van der Waals surface area contributed by atoms with Gasteiger partial charge in [-0.1, -0.05) is 36.4 Å². The molecule has 1 aromatic carbocycles. The molecule has 0 spiro atoms. The van der Waals surface area contributed by atoms with Crippen molar-refractivity contribution in [1.82, 2.24) is 14.3 Å². The summed E-state index contributed by atoms with van der Waals surface area (Å²) in [4.78, 5) is 19.3. The number of benzene rings is 1. The number of nitrogens with zero attached hydrogens (tertiary/aromatic N) is 3. The quantitative estimate of drug-likeness (QED) is 0.727. The van der Waals surface area contributed by atoms with Crippen LogP contribution in [0.25, 0.3) is 5.65 Å². The predicted molar refractivity (Wildman–Crippen MR) is 108 cm³/mol. The molecule has 1 fully saturated rings. The predicted octanol–water partition coefficient (Wildman–Crippen LogP) is 1.95. The van der Waals surface area contributed by atoms with Gasteiger partial charge < -0.3 is 20.1 Å². The number of fused-ring (bicyclic) bond motifs is 1. The minimum Gasteiger partial charge on any atom is -0.391 e. The normalized spacial score (nSPS) is 18.8. The summed E-state index contributed by atoms with van der Waals surface area (Å²) >= 11 is 0. The Bertz CT molecular complexity index is 926. The fourth-order valence-electron chi connectivity index (χ4n) is 4.14. The lowest BCUT2D eigenvalue weighted by molar-refractivity contribution is -0.136. The summed E-state index contributed by atoms with van der Waals surface area (Å²) in [6.07, 6.45) is 4.77. The number of nitrogens with two attached hydrogens (primary N) is 1. The number of aliphatic hydroxyl groups is 1. The molecule has 2 aromatic heterocycles. The van der Waals surface area contributed by atoms with Crippen molar-refractivity contribution >= 4 is 11.6 Å². The van der Waals surface area contributed by atoms with Gasteiger partial charge in [0.25, 0.3) is 0 Å². The van der Waals surface area contributed by atoms with Crippen molar-refractivity contribution in [3.05, 3.63) is 72.2 Å². The average Bonchev–Trinajstić information content (AvgIpc) is 3.18. The summed E-state index contributed by atoms with van der Waals surface area (Å²) in [5, 5.41) is 9.68. The number of aliphatic hydroxyl groups excluding tert-OH is 1. The molecule has 1 aliphatic rings. The van der Waals surface area contributed by atoms with Crippen molar-refractivity contribution in [3.63, 3.8) is 0 Å². The molecule has 0 saturated carbocycles. The standard InChI is InChI=1S/C22H26N4O2/c1-16(27)20(23)21(28)25-13-10-22(11-14-25,17-7-3-2-4-8-17)18-15-26-12-6-5-9-19(26)24-18/h2-9,12,15-16,20,27H,10-11,13-14,23H2,1H3/t16-,20+/m0/s1. The molecule has 6 nitrogen and oxygen atoms in total. The Labute approximate surface area is 164 Å². The van der Waals surface area contributed by atoms with E-state index in [-0.39, 0.29) is 11.3 Å². The van der Waals surface area contributed by atoms with Crippen LogP contribution in [0, 0.1) is 0 Å². The number of hydrogen-bond acceptors (Lipinski definition) is 4. The lowest BCUT2D eigenvalue weighted by Crippen LogP contribution is -2.53. The number of carbonyl (C=O) groups is 1. The first kappa shape index (κ1) is 18.7. The maximum atomic E-state index is 12.6. The molecule has 6 heteroatoms. The van der Waals surface area contributed by atoms with Crippen molar-refractivity contribution in [3.8, 4) is 0 Å². The van der Waals surface area contributed by atoms with E-state index in [2.05, 4.69) is 18.3 Å². The molecular formula is C22H26N4O2. The number of pyridine rings is 1. The van der Waals surface area contributed by atoms with Crippen LogP contribution < -0.4 is 5.73 Å². The third-order valence-corrected chi connectivity index (χ3v) is 5.91. The van der Waals surface area contributed by atoms with E-state index in [1.54, 1.807) is 11.8 Å². The molecule has 146 valence electrons. The van der Waals surface area contributed by atoms with E-state index in [0.717, 1.165) is 24.2 Å². The van der Waals surface area contributed by atoms with E-state index in [0.29, 0.717) is 13.1 Å². The van der Waals surface area contributed by atoms with Crippen molar-refractivity contribution in [1.29, 1.82) is 0 Å². The van der Waals surface area contributed by atoms with Gasteiger partial charge in [0.15, 0.2) is 0 Å². The maximum absolute atomic E-state index is 12.6. The molecule has 2 atom stereocenters. The molecule has 3 heterocycles. The third kappa shape index (κ3) is 3.19. The zero-order valence-corrected chi connectivity index (χ0v) is 16.0. The first-order chi connectivity index (χ1) is 13.5. The van der Waals surface area contributed by atoms with E-state index in [4.69, 9.17) is 10.7 Å². The third-order valence-electron chi connectivity index (χ3n) is 5.91. The molecule has 28 heavy (non-hydrogen) atoms. The fraction of sp³-hybridized carbons (Fsp3) is 0.364. The average molecular weight is 378 g/mol. The van der Waals surface area contributed by atoms with Crippen LogP contribution in [-0.4, -0.2) is 50.5 Å². The van der Waals surface area contributed by atoms with E-state index < -0.39 is 12.1 Å². The SMILES string of the molecule is C[C@H](O)[C@@H](N)C(=O)N1CCC(c2ccccc2)(c2cn3ccccc3n2)CC1. The zero-order chi connectivity index (χ0) is 19.7. The number of likely N-dealkylation sites (tertiary alicyclic amines) is 1. The van der Waals surface area contributed by atoms with Crippen LogP contribution in [-0.2, 0) is 10.2 Å². The first-order valence-corrected chi connectivity index (χ1v) is 9.73. The monoisotopic (exact) mass is 378 g/mol. The minimum atomic E-state index is -0.876. The summed E-state index contributed by atoms with van der Waals surface area (Å²) in [7, 11) is 0. The van der Waals surface area contributed by atoms with Gasteiger partial charge in [-0.25, -0.2) is 4.98 Å². The molecule has 0 radical (unpaired) electrons. The Morgan fingerprint density at radius 1 is 1.14 bits per heavy atom. The van der Waals surface area contributed by atoms with Crippen LogP contribution >= 0.6 is 0 Å². The lowest BCUT2D eigenvalue weighted by atomic mass is 9.70. The van der Waals surface area contributed by atoms with Gasteiger partial charge in [-0.3, -0.25) is 4.79 Å². The Hall–Kier alpha value is -2.70. The number of imidazole rings is 1. The summed E-state index contributed by atoms with van der Waals surface area (Å²) < 4.78 is 2.04. The Kier molecular flexibility index (Phi) is 4.91. The van der Waals surface area contributed by atoms with E-state index >= 15 is 0 Å². The second-order valence-electron chi connectivity index (χ2n) is 7.63. The topological polar surface area (TPSA) is 83.9 Å². The van der Waals surface area contributed by atoms with Crippen LogP contribution in [0.3, 0.4) is 0 Å². The molecule has 0 bridgehead atoms. The molecule has 3 aromatic rings.